The molecule has 1 rings (SSSR count). The maximum absolute atomic E-state index is 11.0. The highest BCUT2D eigenvalue weighted by molar-refractivity contribution is 5.34. The summed E-state index contributed by atoms with van der Waals surface area (Å²) >= 11 is 0. The van der Waals surface area contributed by atoms with Crippen molar-refractivity contribution in [3.63, 3.8) is 0 Å². The van der Waals surface area contributed by atoms with E-state index in [2.05, 4.69) is 0 Å². The van der Waals surface area contributed by atoms with E-state index in [9.17, 15) is 20.2 Å². The Morgan fingerprint density at radius 3 is 2.50 bits per heavy atom. The number of non-ortho nitro benzene ring substituents is 1. The van der Waals surface area contributed by atoms with E-state index >= 15 is 0 Å². The molecule has 0 aliphatic heterocycles. The second-order valence-electron chi connectivity index (χ2n) is 4.29. The second kappa shape index (κ2) is 5.54. The summed E-state index contributed by atoms with van der Waals surface area (Å²) in [4.78, 5) is 20.7. The van der Waals surface area contributed by atoms with Gasteiger partial charge in [0, 0.05) is 37.5 Å². The maximum Gasteiger partial charge on any atom is 0.269 e. The van der Waals surface area contributed by atoms with Gasteiger partial charge < -0.3 is 4.74 Å². The smallest absolute Gasteiger partial charge is 0.269 e. The Labute approximate surface area is 104 Å². The van der Waals surface area contributed by atoms with Crippen LogP contribution in [0.15, 0.2) is 24.3 Å². The van der Waals surface area contributed by atoms with Gasteiger partial charge >= 0.3 is 0 Å². The summed E-state index contributed by atoms with van der Waals surface area (Å²) in [5.41, 5.74) is -0.819. The minimum Gasteiger partial charge on any atom is -0.377 e. The van der Waals surface area contributed by atoms with Crippen LogP contribution in [-0.2, 0) is 11.2 Å². The zero-order valence-corrected chi connectivity index (χ0v) is 10.2. The molecular formula is C11H14N2O5. The van der Waals surface area contributed by atoms with E-state index in [4.69, 9.17) is 4.74 Å². The molecule has 0 aliphatic carbocycles. The van der Waals surface area contributed by atoms with Crippen LogP contribution in [0.4, 0.5) is 5.69 Å². The minimum absolute atomic E-state index is 0.0529. The average molecular weight is 254 g/mol. The molecule has 7 nitrogen and oxygen atoms in total. The number of hydrogen-bond donors (Lipinski definition) is 0. The van der Waals surface area contributed by atoms with Gasteiger partial charge in [0.25, 0.3) is 5.69 Å². The molecule has 0 fully saturated rings. The molecule has 0 aliphatic rings. The van der Waals surface area contributed by atoms with E-state index in [0.29, 0.717) is 5.56 Å². The van der Waals surface area contributed by atoms with Crippen molar-refractivity contribution in [2.24, 2.45) is 0 Å². The van der Waals surface area contributed by atoms with Crippen LogP contribution in [0.5, 0.6) is 0 Å². The summed E-state index contributed by atoms with van der Waals surface area (Å²) in [7, 11) is 1.38. The first kappa shape index (κ1) is 14.0. The predicted octanol–water partition coefficient (Wildman–Crippen LogP) is 1.82. The number of nitrogens with zero attached hydrogens (tertiary/aromatic N) is 2. The summed E-state index contributed by atoms with van der Waals surface area (Å²) in [6.07, 6.45) is 0.0789. The van der Waals surface area contributed by atoms with Crippen LogP contribution in [0.1, 0.15) is 12.5 Å². The topological polar surface area (TPSA) is 95.5 Å². The molecule has 1 aromatic carbocycles. The maximum atomic E-state index is 11.0. The van der Waals surface area contributed by atoms with Crippen molar-refractivity contribution in [3.05, 3.63) is 50.1 Å². The van der Waals surface area contributed by atoms with Crippen molar-refractivity contribution in [2.45, 2.75) is 18.9 Å². The molecular weight excluding hydrogens is 240 g/mol. The third kappa shape index (κ3) is 3.24. The Morgan fingerprint density at radius 1 is 1.33 bits per heavy atom. The van der Waals surface area contributed by atoms with E-state index in [0.717, 1.165) is 0 Å². The predicted molar refractivity (Wildman–Crippen MR) is 64.1 cm³/mol. The quantitative estimate of drug-likeness (QED) is 0.569. The van der Waals surface area contributed by atoms with Crippen LogP contribution in [0, 0.1) is 20.2 Å². The molecule has 0 N–H and O–H groups in total. The molecule has 0 heterocycles. The van der Waals surface area contributed by atoms with E-state index in [1.807, 2.05) is 0 Å². The zero-order chi connectivity index (χ0) is 13.8. The molecule has 0 bridgehead atoms. The number of nitro benzene ring substituents is 1. The second-order valence-corrected chi connectivity index (χ2v) is 4.29. The molecule has 18 heavy (non-hydrogen) atoms. The molecule has 0 radical (unpaired) electrons. The molecule has 0 aromatic heterocycles. The van der Waals surface area contributed by atoms with Crippen molar-refractivity contribution in [1.82, 2.24) is 0 Å². The lowest BCUT2D eigenvalue weighted by atomic mass is 9.94. The number of rotatable bonds is 6. The van der Waals surface area contributed by atoms with Gasteiger partial charge in [-0.3, -0.25) is 20.2 Å². The SMILES string of the molecule is COCC(C)(Cc1cccc([N+](=O)[O-])c1)[N+](=O)[O-]. The normalized spacial score (nSPS) is 13.9. The van der Waals surface area contributed by atoms with E-state index in [1.54, 1.807) is 6.07 Å². The van der Waals surface area contributed by atoms with E-state index in [-0.39, 0.29) is 18.7 Å². The van der Waals surface area contributed by atoms with Gasteiger partial charge in [-0.2, -0.15) is 0 Å². The summed E-state index contributed by atoms with van der Waals surface area (Å²) in [6, 6.07) is 5.84. The number of benzene rings is 1. The lowest BCUT2D eigenvalue weighted by molar-refractivity contribution is -0.569. The number of methoxy groups -OCH3 is 1. The van der Waals surface area contributed by atoms with Gasteiger partial charge in [0.15, 0.2) is 0 Å². The molecule has 7 heteroatoms. The zero-order valence-electron chi connectivity index (χ0n) is 10.2. The summed E-state index contributed by atoms with van der Waals surface area (Å²) in [5, 5.41) is 21.7. The number of hydrogen-bond acceptors (Lipinski definition) is 5. The molecule has 0 saturated carbocycles. The fourth-order valence-corrected chi connectivity index (χ4v) is 1.70. The highest BCUT2D eigenvalue weighted by atomic mass is 16.6. The fourth-order valence-electron chi connectivity index (χ4n) is 1.70. The van der Waals surface area contributed by atoms with Gasteiger partial charge in [-0.25, -0.2) is 0 Å². The van der Waals surface area contributed by atoms with Gasteiger partial charge in [0.2, 0.25) is 5.54 Å². The van der Waals surface area contributed by atoms with Crippen LogP contribution in [-0.4, -0.2) is 29.1 Å². The first-order valence-corrected chi connectivity index (χ1v) is 5.26. The average Bonchev–Trinajstić information content (AvgIpc) is 2.29. The Hall–Kier alpha value is -2.02. The van der Waals surface area contributed by atoms with Gasteiger partial charge in [0.05, 0.1) is 4.92 Å². The Morgan fingerprint density at radius 2 is 2.00 bits per heavy atom. The first-order chi connectivity index (χ1) is 8.39. The van der Waals surface area contributed by atoms with Crippen LogP contribution in [0.3, 0.4) is 0 Å². The first-order valence-electron chi connectivity index (χ1n) is 5.26. The number of nitro groups is 2. The van der Waals surface area contributed by atoms with E-state index < -0.39 is 15.4 Å². The Balaban J connectivity index is 2.97. The van der Waals surface area contributed by atoms with Crippen molar-refractivity contribution >= 4 is 5.69 Å². The molecule has 1 atom stereocenters. The van der Waals surface area contributed by atoms with Crippen LogP contribution < -0.4 is 0 Å². The van der Waals surface area contributed by atoms with Crippen molar-refractivity contribution in [3.8, 4) is 0 Å². The highest BCUT2D eigenvalue weighted by Gasteiger charge is 2.37. The van der Waals surface area contributed by atoms with Gasteiger partial charge in [0.1, 0.15) is 6.61 Å². The Bertz CT molecular complexity index is 463. The molecule has 0 amide bonds. The molecule has 1 aromatic rings. The number of ether oxygens (including phenoxy) is 1. The van der Waals surface area contributed by atoms with Crippen molar-refractivity contribution in [2.75, 3.05) is 13.7 Å². The third-order valence-corrected chi connectivity index (χ3v) is 2.60. The standard InChI is InChI=1S/C11H14N2O5/c1-11(8-18-2,13(16)17)7-9-4-3-5-10(6-9)12(14)15/h3-6H,7-8H2,1-2H3. The molecule has 0 saturated heterocycles. The van der Waals surface area contributed by atoms with Gasteiger partial charge in [-0.1, -0.05) is 12.1 Å². The molecule has 0 spiro atoms. The van der Waals surface area contributed by atoms with Crippen LogP contribution >= 0.6 is 0 Å². The third-order valence-electron chi connectivity index (χ3n) is 2.60. The highest BCUT2D eigenvalue weighted by Crippen LogP contribution is 2.20. The Kier molecular flexibility index (Phi) is 4.33. The van der Waals surface area contributed by atoms with E-state index in [1.165, 1.54) is 32.2 Å². The van der Waals surface area contributed by atoms with Crippen LogP contribution in [0.2, 0.25) is 0 Å². The molecule has 1 unspecified atom stereocenters. The van der Waals surface area contributed by atoms with Gasteiger partial charge in [-0.05, 0) is 5.56 Å². The largest absolute Gasteiger partial charge is 0.377 e. The monoisotopic (exact) mass is 254 g/mol. The fraction of sp³-hybridized carbons (Fsp3) is 0.455. The summed E-state index contributed by atoms with van der Waals surface area (Å²) < 4.78 is 4.84. The minimum atomic E-state index is -1.29. The molecule has 98 valence electrons. The van der Waals surface area contributed by atoms with Crippen LogP contribution in [0.25, 0.3) is 0 Å². The van der Waals surface area contributed by atoms with Crippen molar-refractivity contribution < 1.29 is 14.6 Å². The lowest BCUT2D eigenvalue weighted by Crippen LogP contribution is -2.41. The lowest BCUT2D eigenvalue weighted by Gasteiger charge is -2.19. The summed E-state index contributed by atoms with van der Waals surface area (Å²) in [5.74, 6) is 0. The van der Waals surface area contributed by atoms with Crippen molar-refractivity contribution in [1.29, 1.82) is 0 Å². The summed E-state index contributed by atoms with van der Waals surface area (Å²) in [6.45, 7) is 1.40. The van der Waals surface area contributed by atoms with Gasteiger partial charge in [-0.15, -0.1) is 0 Å².